The Labute approximate surface area is 246 Å². The van der Waals surface area contributed by atoms with Crippen LogP contribution in [0.4, 0.5) is 4.39 Å². The van der Waals surface area contributed by atoms with Crippen LogP contribution in [0.5, 0.6) is 5.75 Å². The molecule has 0 spiro atoms. The van der Waals surface area contributed by atoms with Gasteiger partial charge in [-0.15, -0.1) is 0 Å². The first-order chi connectivity index (χ1) is 19.1. The third kappa shape index (κ3) is 4.67. The van der Waals surface area contributed by atoms with Crippen LogP contribution in [0.15, 0.2) is 36.4 Å². The summed E-state index contributed by atoms with van der Waals surface area (Å²) in [6.07, 6.45) is 0. The molecule has 206 valence electrons. The molecule has 3 heterocycles. The number of amides is 3. The number of morpholine rings is 1. The summed E-state index contributed by atoms with van der Waals surface area (Å²) in [6, 6.07) is 10.3. The lowest BCUT2D eigenvalue weighted by molar-refractivity contribution is -0.140. The summed E-state index contributed by atoms with van der Waals surface area (Å²) in [5.74, 6) is -1.09. The Morgan fingerprint density at radius 1 is 1.00 bits per heavy atom. The molecule has 1 N–H and O–H groups in total. The van der Waals surface area contributed by atoms with E-state index < -0.39 is 27.2 Å². The van der Waals surface area contributed by atoms with Crippen molar-refractivity contribution in [3.8, 4) is 5.75 Å². The fraction of sp³-hybridized carbons (Fsp3) is 0.400. The van der Waals surface area contributed by atoms with Crippen molar-refractivity contribution in [1.29, 1.82) is 0 Å². The van der Waals surface area contributed by atoms with Crippen LogP contribution in [0.3, 0.4) is 0 Å². The second kappa shape index (κ2) is 10.2. The molecule has 0 radical (unpaired) electrons. The maximum Gasteiger partial charge on any atom is 0.254 e. The molecular weight excluding hydrogens is 517 g/mol. The number of piperidine rings is 1. The van der Waals surface area contributed by atoms with E-state index in [0.717, 1.165) is 18.7 Å². The molecule has 8 nitrogen and oxygen atoms in total. The number of rotatable bonds is 6. The van der Waals surface area contributed by atoms with Crippen molar-refractivity contribution in [2.24, 2.45) is 0 Å². The van der Waals surface area contributed by atoms with Gasteiger partial charge >= 0.3 is 0 Å². The third-order valence-corrected chi connectivity index (χ3v) is 10.0. The number of hydrogen-bond acceptors (Lipinski definition) is 6. The number of fused-ring (bicyclic) bond motifs is 1. The van der Waals surface area contributed by atoms with Gasteiger partial charge in [-0.3, -0.25) is 24.6 Å². The first kappa shape index (κ1) is 29.6. The number of hydrogen-bond donors (Lipinski definition) is 1. The van der Waals surface area contributed by atoms with Gasteiger partial charge in [0.05, 0.1) is 30.6 Å². The smallest absolute Gasteiger partial charge is 0.254 e. The fourth-order valence-corrected chi connectivity index (χ4v) is 6.26. The zero-order valence-corrected chi connectivity index (χ0v) is 25.0. The maximum absolute atomic E-state index is 15.2. The van der Waals surface area contributed by atoms with E-state index in [1.165, 1.54) is 6.07 Å². The molecule has 0 saturated carbocycles. The molecule has 3 aliphatic heterocycles. The molecule has 3 aliphatic rings. The van der Waals surface area contributed by atoms with Crippen LogP contribution in [0.2, 0.25) is 10.4 Å². The lowest BCUT2D eigenvalue weighted by Crippen LogP contribution is -2.75. The molecule has 1 unspecified atom stereocenters. The molecule has 0 bridgehead atoms. The van der Waals surface area contributed by atoms with Gasteiger partial charge in [-0.1, -0.05) is 17.3 Å². The van der Waals surface area contributed by atoms with Gasteiger partial charge in [0.25, 0.3) is 5.91 Å². The molecule has 16 heteroatoms. The second-order valence-corrected chi connectivity index (χ2v) is 13.1. The van der Waals surface area contributed by atoms with Gasteiger partial charge in [0, 0.05) is 36.3 Å². The van der Waals surface area contributed by atoms with E-state index in [1.54, 1.807) is 52.7 Å². The fourth-order valence-electron chi connectivity index (χ4n) is 6.26. The number of ether oxygens (including phenoxy) is 2. The van der Waals surface area contributed by atoms with Gasteiger partial charge in [0.1, 0.15) is 50.8 Å². The van der Waals surface area contributed by atoms with Crippen LogP contribution in [0.25, 0.3) is 0 Å². The summed E-state index contributed by atoms with van der Waals surface area (Å²) in [6.45, 7) is 3.83. The Morgan fingerprint density at radius 2 is 1.68 bits per heavy atom. The summed E-state index contributed by atoms with van der Waals surface area (Å²) in [7, 11) is 12.6. The zero-order valence-electron chi connectivity index (χ0n) is 25.0. The van der Waals surface area contributed by atoms with Crippen LogP contribution >= 0.6 is 0 Å². The van der Waals surface area contributed by atoms with E-state index >= 15 is 4.39 Å². The quantitative estimate of drug-likeness (QED) is 0.286. The van der Waals surface area contributed by atoms with Crippen molar-refractivity contribution in [2.75, 3.05) is 26.3 Å². The summed E-state index contributed by atoms with van der Waals surface area (Å²) >= 11 is 0. The molecule has 41 heavy (non-hydrogen) atoms. The Morgan fingerprint density at radius 3 is 2.37 bits per heavy atom. The Balaban J connectivity index is 1.45. The molecule has 2 aromatic carbocycles. The molecule has 2 fully saturated rings. The van der Waals surface area contributed by atoms with Crippen molar-refractivity contribution in [2.45, 2.75) is 34.4 Å². The van der Waals surface area contributed by atoms with Crippen LogP contribution in [0.1, 0.15) is 27.0 Å². The first-order valence-electron chi connectivity index (χ1n) is 14.2. The highest BCUT2D eigenvalue weighted by molar-refractivity contribution is 6.66. The molecule has 2 aromatic rings. The second-order valence-electron chi connectivity index (χ2n) is 13.1. The number of benzene rings is 2. The molecular formula is C25H33B7FN3O5. The van der Waals surface area contributed by atoms with E-state index in [2.05, 4.69) is 10.2 Å². The van der Waals surface area contributed by atoms with Crippen molar-refractivity contribution < 1.29 is 28.2 Å². The maximum atomic E-state index is 15.2. The van der Waals surface area contributed by atoms with Crippen LogP contribution < -0.4 is 10.1 Å². The highest BCUT2D eigenvalue weighted by Gasteiger charge is 2.64. The van der Waals surface area contributed by atoms with E-state index in [4.69, 9.17) is 9.47 Å². The van der Waals surface area contributed by atoms with Crippen molar-refractivity contribution in [1.82, 2.24) is 15.1 Å². The average molecular weight is 550 g/mol. The molecule has 0 aromatic heterocycles. The van der Waals surface area contributed by atoms with Crippen LogP contribution in [0, 0.1) is 5.82 Å². The zero-order chi connectivity index (χ0) is 30.0. The molecule has 2 saturated heterocycles. The van der Waals surface area contributed by atoms with E-state index in [9.17, 15) is 14.4 Å². The third-order valence-electron chi connectivity index (χ3n) is 10.0. The normalized spacial score (nSPS) is 24.1. The number of carbonyl (C=O) groups is 3. The van der Waals surface area contributed by atoms with E-state index in [-0.39, 0.29) is 24.2 Å². The Hall–Kier alpha value is -2.85. The first-order valence-corrected chi connectivity index (χ1v) is 14.2. The van der Waals surface area contributed by atoms with Crippen molar-refractivity contribution in [3.05, 3.63) is 64.5 Å². The van der Waals surface area contributed by atoms with Gasteiger partial charge in [-0.2, -0.15) is 0 Å². The Kier molecular flexibility index (Phi) is 7.34. The minimum Gasteiger partial charge on any atom is -0.501 e. The SMILES string of the molecule is BC(B)(Oc1cccc2c1CN(C1(B)C(=O)NC(=O)C(B)(B)C1(B)B)C2=O)c1cc(CN2CCOCC2)ccc1F. The minimum atomic E-state index is -1.31. The summed E-state index contributed by atoms with van der Waals surface area (Å²) in [5.41, 5.74) is 1.15. The van der Waals surface area contributed by atoms with Gasteiger partial charge in [-0.25, -0.2) is 4.39 Å². The Bertz CT molecular complexity index is 1440. The van der Waals surface area contributed by atoms with E-state index in [1.807, 2.05) is 37.5 Å². The number of halogens is 1. The monoisotopic (exact) mass is 551 g/mol. The van der Waals surface area contributed by atoms with Crippen molar-refractivity contribution in [3.63, 3.8) is 0 Å². The highest BCUT2D eigenvalue weighted by atomic mass is 19.1. The van der Waals surface area contributed by atoms with Crippen LogP contribution in [-0.4, -0.2) is 114 Å². The summed E-state index contributed by atoms with van der Waals surface area (Å²) < 4.78 is 27.2. The predicted molar refractivity (Wildman–Crippen MR) is 172 cm³/mol. The van der Waals surface area contributed by atoms with Gasteiger partial charge in [0.2, 0.25) is 11.8 Å². The van der Waals surface area contributed by atoms with Gasteiger partial charge < -0.3 is 14.4 Å². The standard InChI is InChI=1S/C25H33B7FN3O5/c26-22(27)20(38)34-21(39)23(28,25(22,31)32)36-12-15-14(19(36)37)2-1-3-18(15)41-24(29,30)16-10-13(4-5-17(16)33)11-35-6-8-40-9-7-35/h1-5,10H,6-9,11-12,26-32H2,(H,34,38,39). The minimum absolute atomic E-state index is 0.123. The highest BCUT2D eigenvalue weighted by Crippen LogP contribution is 2.55. The number of imide groups is 1. The predicted octanol–water partition coefficient (Wildman–Crippen LogP) is -5.18. The number of nitrogens with zero attached hydrogens (tertiary/aromatic N) is 2. The molecule has 0 aliphatic carbocycles. The lowest BCUT2D eigenvalue weighted by atomic mass is 9.21. The van der Waals surface area contributed by atoms with E-state index in [0.29, 0.717) is 42.2 Å². The summed E-state index contributed by atoms with van der Waals surface area (Å²) in [5, 5.41) is -0.367. The number of carbonyl (C=O) groups excluding carboxylic acids is 3. The lowest BCUT2D eigenvalue weighted by Gasteiger charge is -2.59. The molecule has 3 amide bonds. The molecule has 1 atom stereocenters. The molecule has 5 rings (SSSR count). The van der Waals surface area contributed by atoms with Crippen molar-refractivity contribution >= 4 is 72.6 Å². The summed E-state index contributed by atoms with van der Waals surface area (Å²) in [4.78, 5) is 43.8. The average Bonchev–Trinajstić information content (AvgIpc) is 3.26. The van der Waals surface area contributed by atoms with Gasteiger partial charge in [-0.05, 0) is 35.0 Å². The van der Waals surface area contributed by atoms with Crippen LogP contribution in [-0.2, 0) is 32.8 Å². The topological polar surface area (TPSA) is 88.2 Å². The number of nitrogens with one attached hydrogen (secondary N) is 1. The van der Waals surface area contributed by atoms with Gasteiger partial charge in [0.15, 0.2) is 15.7 Å². The largest absolute Gasteiger partial charge is 0.501 e.